The Hall–Kier alpha value is -1.64. The summed E-state index contributed by atoms with van der Waals surface area (Å²) in [6.45, 7) is -0.506. The summed E-state index contributed by atoms with van der Waals surface area (Å²) in [5.74, 6) is 0.345. The molecule has 0 aliphatic carbocycles. The van der Waals surface area contributed by atoms with Crippen molar-refractivity contribution in [1.29, 1.82) is 0 Å². The van der Waals surface area contributed by atoms with Gasteiger partial charge in [-0.2, -0.15) is 0 Å². The predicted octanol–water partition coefficient (Wildman–Crippen LogP) is -0.653. The molecule has 21 heavy (non-hydrogen) atoms. The fourth-order valence-electron chi connectivity index (χ4n) is 2.46. The molecule has 0 saturated carbocycles. The van der Waals surface area contributed by atoms with Gasteiger partial charge in [-0.3, -0.25) is 0 Å². The number of para-hydroxylation sites is 1. The lowest BCUT2D eigenvalue weighted by molar-refractivity contribution is -0.280. The normalized spacial score (nSPS) is 33.2. The Labute approximate surface area is 120 Å². The Morgan fingerprint density at radius 2 is 1.90 bits per heavy atom. The average molecular weight is 295 g/mol. The van der Waals surface area contributed by atoms with Crippen molar-refractivity contribution in [2.24, 2.45) is 0 Å². The van der Waals surface area contributed by atoms with Gasteiger partial charge in [0.1, 0.15) is 18.3 Å². The van der Waals surface area contributed by atoms with Crippen LogP contribution in [0.4, 0.5) is 0 Å². The second-order valence-electron chi connectivity index (χ2n) is 5.03. The minimum atomic E-state index is -1.45. The lowest BCUT2D eigenvalue weighted by Gasteiger charge is -2.39. The van der Waals surface area contributed by atoms with Crippen LogP contribution in [0, 0.1) is 0 Å². The van der Waals surface area contributed by atoms with E-state index in [4.69, 9.17) is 14.6 Å². The van der Waals surface area contributed by atoms with Crippen molar-refractivity contribution in [3.63, 3.8) is 0 Å². The van der Waals surface area contributed by atoms with E-state index in [0.717, 1.165) is 10.9 Å². The molecule has 1 aliphatic rings. The number of nitrogens with one attached hydrogen (secondary N) is 1. The molecule has 1 aromatic heterocycles. The molecule has 0 unspecified atom stereocenters. The summed E-state index contributed by atoms with van der Waals surface area (Å²) < 4.78 is 10.5. The number of benzene rings is 1. The summed E-state index contributed by atoms with van der Waals surface area (Å²) in [5.41, 5.74) is 0.849. The van der Waals surface area contributed by atoms with Crippen LogP contribution < -0.4 is 4.74 Å². The third kappa shape index (κ3) is 2.61. The van der Waals surface area contributed by atoms with Crippen molar-refractivity contribution in [3.05, 3.63) is 30.3 Å². The van der Waals surface area contributed by atoms with Gasteiger partial charge in [-0.15, -0.1) is 0 Å². The molecule has 1 saturated heterocycles. The zero-order valence-electron chi connectivity index (χ0n) is 11.1. The van der Waals surface area contributed by atoms with Gasteiger partial charge in [0.15, 0.2) is 18.3 Å². The second kappa shape index (κ2) is 5.63. The second-order valence-corrected chi connectivity index (χ2v) is 5.03. The summed E-state index contributed by atoms with van der Waals surface area (Å²) in [6, 6.07) is 9.22. The first-order valence-corrected chi connectivity index (χ1v) is 6.65. The quantitative estimate of drug-likeness (QED) is 0.514. The molecule has 7 heteroatoms. The van der Waals surface area contributed by atoms with Crippen molar-refractivity contribution in [3.8, 4) is 5.88 Å². The topological polar surface area (TPSA) is 115 Å². The molecule has 0 bridgehead atoms. The van der Waals surface area contributed by atoms with Gasteiger partial charge in [-0.05, 0) is 6.07 Å². The number of aliphatic hydroxyl groups is 4. The highest BCUT2D eigenvalue weighted by molar-refractivity contribution is 5.81. The van der Waals surface area contributed by atoms with E-state index >= 15 is 0 Å². The molecule has 0 radical (unpaired) electrons. The molecule has 1 aromatic carbocycles. The number of aromatic nitrogens is 1. The molecule has 2 heterocycles. The molecule has 3 rings (SSSR count). The zero-order chi connectivity index (χ0) is 15.0. The maximum absolute atomic E-state index is 10.0. The Kier molecular flexibility index (Phi) is 3.83. The average Bonchev–Trinajstić information content (AvgIpc) is 2.89. The van der Waals surface area contributed by atoms with Gasteiger partial charge < -0.3 is 34.9 Å². The van der Waals surface area contributed by atoms with E-state index in [1.54, 1.807) is 6.07 Å². The highest BCUT2D eigenvalue weighted by atomic mass is 16.7. The van der Waals surface area contributed by atoms with Gasteiger partial charge in [0.2, 0.25) is 0 Å². The van der Waals surface area contributed by atoms with Crippen LogP contribution in [0.5, 0.6) is 5.88 Å². The molecule has 5 atom stereocenters. The minimum Gasteiger partial charge on any atom is -0.467 e. The van der Waals surface area contributed by atoms with Crippen molar-refractivity contribution in [2.75, 3.05) is 6.61 Å². The molecule has 1 aliphatic heterocycles. The standard InChI is InChI=1S/C14H17NO6/c16-6-9-11(17)12(18)13(14(19)20-9)21-10-5-7-3-1-2-4-8(7)15-10/h1-5,9,11-19H,6H2/t9-,11-,12+,13-,14+/m1/s1. The van der Waals surface area contributed by atoms with Crippen LogP contribution >= 0.6 is 0 Å². The number of rotatable bonds is 3. The van der Waals surface area contributed by atoms with Crippen LogP contribution in [-0.2, 0) is 4.74 Å². The highest BCUT2D eigenvalue weighted by Crippen LogP contribution is 2.26. The lowest BCUT2D eigenvalue weighted by Crippen LogP contribution is -2.60. The molecule has 1 fully saturated rings. The van der Waals surface area contributed by atoms with Crippen LogP contribution in [0.15, 0.2) is 30.3 Å². The van der Waals surface area contributed by atoms with Crippen LogP contribution in [0.2, 0.25) is 0 Å². The van der Waals surface area contributed by atoms with E-state index in [-0.39, 0.29) is 0 Å². The van der Waals surface area contributed by atoms with Crippen molar-refractivity contribution in [1.82, 2.24) is 4.98 Å². The number of hydrogen-bond acceptors (Lipinski definition) is 6. The van der Waals surface area contributed by atoms with Crippen molar-refractivity contribution < 1.29 is 29.9 Å². The monoisotopic (exact) mass is 295 g/mol. The van der Waals surface area contributed by atoms with Gasteiger partial charge in [-0.1, -0.05) is 18.2 Å². The summed E-state index contributed by atoms with van der Waals surface area (Å²) in [4.78, 5) is 2.99. The summed E-state index contributed by atoms with van der Waals surface area (Å²) in [7, 11) is 0. The van der Waals surface area contributed by atoms with Crippen LogP contribution in [-0.4, -0.2) is 62.7 Å². The Morgan fingerprint density at radius 3 is 2.62 bits per heavy atom. The number of H-pyrrole nitrogens is 1. The maximum atomic E-state index is 10.0. The highest BCUT2D eigenvalue weighted by Gasteiger charge is 2.45. The van der Waals surface area contributed by atoms with E-state index in [9.17, 15) is 15.3 Å². The number of fused-ring (bicyclic) bond motifs is 1. The molecule has 2 aromatic rings. The number of hydrogen-bond donors (Lipinski definition) is 5. The smallest absolute Gasteiger partial charge is 0.195 e. The fraction of sp³-hybridized carbons (Fsp3) is 0.429. The molecular formula is C14H17NO6. The van der Waals surface area contributed by atoms with Crippen LogP contribution in [0.25, 0.3) is 10.9 Å². The SMILES string of the molecule is OC[C@H]1O[C@H](O)[C@H](Oc2cc3ccccc3[nH]2)[C@@H](O)[C@@H]1O. The third-order valence-corrected chi connectivity index (χ3v) is 3.61. The number of aromatic amines is 1. The van der Waals surface area contributed by atoms with E-state index in [2.05, 4.69) is 4.98 Å². The molecule has 7 nitrogen and oxygen atoms in total. The van der Waals surface area contributed by atoms with Gasteiger partial charge in [0.25, 0.3) is 0 Å². The Balaban J connectivity index is 1.80. The fourth-order valence-corrected chi connectivity index (χ4v) is 2.46. The summed E-state index contributed by atoms with van der Waals surface area (Å²) in [6.07, 6.45) is -6.37. The summed E-state index contributed by atoms with van der Waals surface area (Å²) >= 11 is 0. The number of ether oxygens (including phenoxy) is 2. The zero-order valence-corrected chi connectivity index (χ0v) is 11.1. The summed E-state index contributed by atoms with van der Waals surface area (Å²) in [5, 5.41) is 39.6. The van der Waals surface area contributed by atoms with Gasteiger partial charge >= 0.3 is 0 Å². The maximum Gasteiger partial charge on any atom is 0.195 e. The van der Waals surface area contributed by atoms with Gasteiger partial charge in [-0.25, -0.2) is 0 Å². The first-order chi connectivity index (χ1) is 10.1. The number of aliphatic hydroxyl groups excluding tert-OH is 4. The molecule has 0 amide bonds. The van der Waals surface area contributed by atoms with Crippen LogP contribution in [0.3, 0.4) is 0 Å². The molecule has 114 valence electrons. The lowest BCUT2D eigenvalue weighted by atomic mass is 9.99. The first-order valence-electron chi connectivity index (χ1n) is 6.65. The van der Waals surface area contributed by atoms with E-state index in [1.807, 2.05) is 24.3 Å². The molecule has 5 N–H and O–H groups in total. The van der Waals surface area contributed by atoms with Crippen molar-refractivity contribution >= 4 is 10.9 Å². The molecular weight excluding hydrogens is 278 g/mol. The minimum absolute atomic E-state index is 0.345. The Morgan fingerprint density at radius 1 is 1.14 bits per heavy atom. The van der Waals surface area contributed by atoms with Gasteiger partial charge in [0, 0.05) is 17.0 Å². The molecule has 0 spiro atoms. The largest absolute Gasteiger partial charge is 0.467 e. The van der Waals surface area contributed by atoms with E-state index < -0.39 is 37.3 Å². The van der Waals surface area contributed by atoms with E-state index in [1.165, 1.54) is 0 Å². The van der Waals surface area contributed by atoms with Crippen molar-refractivity contribution in [2.45, 2.75) is 30.7 Å². The first kappa shape index (κ1) is 14.3. The third-order valence-electron chi connectivity index (χ3n) is 3.61. The van der Waals surface area contributed by atoms with E-state index in [0.29, 0.717) is 5.88 Å². The van der Waals surface area contributed by atoms with Crippen LogP contribution in [0.1, 0.15) is 0 Å². The Bertz CT molecular complexity index is 581. The van der Waals surface area contributed by atoms with Gasteiger partial charge in [0.05, 0.1) is 6.61 Å². The predicted molar refractivity (Wildman–Crippen MR) is 72.7 cm³/mol.